The third-order valence-electron chi connectivity index (χ3n) is 2.91. The molecule has 2 unspecified atom stereocenters. The average molecular weight is 250 g/mol. The van der Waals surface area contributed by atoms with Crippen LogP contribution in [-0.2, 0) is 9.53 Å². The summed E-state index contributed by atoms with van der Waals surface area (Å²) in [7, 11) is 1.52. The van der Waals surface area contributed by atoms with Crippen molar-refractivity contribution in [1.82, 2.24) is 10.2 Å². The first kappa shape index (κ1) is 14.3. The minimum absolute atomic E-state index is 0.0489. The maximum atomic E-state index is 11.8. The summed E-state index contributed by atoms with van der Waals surface area (Å²) < 4.78 is 5.75. The van der Waals surface area contributed by atoms with Crippen LogP contribution in [0.4, 0.5) is 4.79 Å². The van der Waals surface area contributed by atoms with Crippen molar-refractivity contribution in [2.45, 2.75) is 32.1 Å². The minimum Gasteiger partial charge on any atom is -0.353 e. The van der Waals surface area contributed by atoms with Gasteiger partial charge in [0.2, 0.25) is 0 Å². The SMILES string of the molecule is C#C[C@H]1CC(CC)OC1N(/C=C\C=O)C(=O)NC. The van der Waals surface area contributed by atoms with Crippen molar-refractivity contribution < 1.29 is 14.3 Å². The first-order valence-corrected chi connectivity index (χ1v) is 5.91. The van der Waals surface area contributed by atoms with E-state index in [1.165, 1.54) is 24.2 Å². The van der Waals surface area contributed by atoms with Gasteiger partial charge in [0.05, 0.1) is 12.0 Å². The van der Waals surface area contributed by atoms with E-state index < -0.39 is 6.23 Å². The zero-order valence-electron chi connectivity index (χ0n) is 10.6. The van der Waals surface area contributed by atoms with Crippen LogP contribution in [0.15, 0.2) is 12.3 Å². The summed E-state index contributed by atoms with van der Waals surface area (Å²) in [5.41, 5.74) is 0. The van der Waals surface area contributed by atoms with Gasteiger partial charge >= 0.3 is 6.03 Å². The fourth-order valence-electron chi connectivity index (χ4n) is 1.94. The summed E-state index contributed by atoms with van der Waals surface area (Å²) in [6.45, 7) is 2.01. The van der Waals surface area contributed by atoms with Crippen LogP contribution in [0.1, 0.15) is 19.8 Å². The number of aldehydes is 1. The van der Waals surface area contributed by atoms with E-state index in [0.717, 1.165) is 12.8 Å². The molecule has 18 heavy (non-hydrogen) atoms. The van der Waals surface area contributed by atoms with Gasteiger partial charge in [0.15, 0.2) is 6.23 Å². The van der Waals surface area contributed by atoms with Crippen LogP contribution in [0, 0.1) is 18.3 Å². The van der Waals surface area contributed by atoms with Crippen molar-refractivity contribution in [2.24, 2.45) is 5.92 Å². The molecule has 0 aromatic carbocycles. The lowest BCUT2D eigenvalue weighted by atomic mass is 10.0. The molecule has 0 aromatic rings. The van der Waals surface area contributed by atoms with Crippen molar-refractivity contribution in [2.75, 3.05) is 7.05 Å². The van der Waals surface area contributed by atoms with Crippen molar-refractivity contribution in [1.29, 1.82) is 0 Å². The number of nitrogens with zero attached hydrogens (tertiary/aromatic N) is 1. The molecule has 5 nitrogen and oxygen atoms in total. The highest BCUT2D eigenvalue weighted by molar-refractivity contribution is 5.76. The maximum Gasteiger partial charge on any atom is 0.323 e. The zero-order chi connectivity index (χ0) is 13.5. The van der Waals surface area contributed by atoms with Gasteiger partial charge in [0.1, 0.15) is 6.29 Å². The highest BCUT2D eigenvalue weighted by atomic mass is 16.5. The fraction of sp³-hybridized carbons (Fsp3) is 0.538. The smallest absolute Gasteiger partial charge is 0.323 e. The fourth-order valence-corrected chi connectivity index (χ4v) is 1.94. The molecule has 1 aliphatic heterocycles. The molecule has 0 aromatic heterocycles. The number of carbonyl (C=O) groups excluding carboxylic acids is 2. The molecule has 0 radical (unpaired) electrons. The molecule has 3 atom stereocenters. The molecule has 1 N–H and O–H groups in total. The van der Waals surface area contributed by atoms with Gasteiger partial charge in [-0.3, -0.25) is 9.69 Å². The van der Waals surface area contributed by atoms with Crippen LogP contribution < -0.4 is 5.32 Å². The summed E-state index contributed by atoms with van der Waals surface area (Å²) in [5.74, 6) is 2.48. The number of ether oxygens (including phenoxy) is 1. The van der Waals surface area contributed by atoms with E-state index in [4.69, 9.17) is 11.2 Å². The molecule has 0 bridgehead atoms. The topological polar surface area (TPSA) is 58.6 Å². The number of allylic oxidation sites excluding steroid dienone is 1. The first-order valence-electron chi connectivity index (χ1n) is 5.91. The lowest BCUT2D eigenvalue weighted by Crippen LogP contribution is -2.44. The van der Waals surface area contributed by atoms with Crippen molar-refractivity contribution >= 4 is 12.3 Å². The Balaban J connectivity index is 2.90. The van der Waals surface area contributed by atoms with Crippen LogP contribution in [0.25, 0.3) is 0 Å². The highest BCUT2D eigenvalue weighted by Crippen LogP contribution is 2.30. The Morgan fingerprint density at radius 1 is 1.67 bits per heavy atom. The van der Waals surface area contributed by atoms with Crippen molar-refractivity contribution in [3.8, 4) is 12.3 Å². The van der Waals surface area contributed by atoms with E-state index in [1.807, 2.05) is 6.92 Å². The van der Waals surface area contributed by atoms with Gasteiger partial charge in [-0.15, -0.1) is 6.42 Å². The van der Waals surface area contributed by atoms with Crippen LogP contribution in [0.3, 0.4) is 0 Å². The summed E-state index contributed by atoms with van der Waals surface area (Å²) in [5, 5.41) is 2.50. The number of carbonyl (C=O) groups is 2. The number of hydrogen-bond donors (Lipinski definition) is 1. The van der Waals surface area contributed by atoms with Gasteiger partial charge in [0.25, 0.3) is 0 Å². The minimum atomic E-state index is -0.518. The Morgan fingerprint density at radius 2 is 2.39 bits per heavy atom. The molecule has 2 amide bonds. The second kappa shape index (κ2) is 6.82. The summed E-state index contributed by atoms with van der Waals surface area (Å²) >= 11 is 0. The second-order valence-corrected chi connectivity index (χ2v) is 4.01. The number of urea groups is 1. The van der Waals surface area contributed by atoms with E-state index >= 15 is 0 Å². The van der Waals surface area contributed by atoms with Gasteiger partial charge in [-0.25, -0.2) is 4.79 Å². The van der Waals surface area contributed by atoms with Crippen molar-refractivity contribution in [3.63, 3.8) is 0 Å². The standard InChI is InChI=1S/C13H18N2O3/c1-4-10-9-11(5-2)18-12(10)15(7-6-8-16)13(17)14-3/h1,6-8,10-12H,5,9H2,2-3H3,(H,14,17)/b7-6-/t10-,11?,12?/m0/s1. The third-order valence-corrected chi connectivity index (χ3v) is 2.91. The molecule has 1 saturated heterocycles. The predicted octanol–water partition coefficient (Wildman–Crippen LogP) is 1.11. The second-order valence-electron chi connectivity index (χ2n) is 4.01. The van der Waals surface area contributed by atoms with Gasteiger partial charge in [0, 0.05) is 13.2 Å². The molecule has 1 fully saturated rings. The predicted molar refractivity (Wildman–Crippen MR) is 67.4 cm³/mol. The van der Waals surface area contributed by atoms with Gasteiger partial charge in [-0.2, -0.15) is 0 Å². The molecule has 1 aliphatic rings. The van der Waals surface area contributed by atoms with Gasteiger partial charge in [-0.05, 0) is 18.9 Å². The van der Waals surface area contributed by atoms with E-state index in [2.05, 4.69) is 11.2 Å². The van der Waals surface area contributed by atoms with E-state index in [1.54, 1.807) is 0 Å². The molecule has 5 heteroatoms. The summed E-state index contributed by atoms with van der Waals surface area (Å²) in [6, 6.07) is -0.352. The zero-order valence-corrected chi connectivity index (χ0v) is 10.6. The Labute approximate surface area is 107 Å². The third kappa shape index (κ3) is 3.11. The summed E-state index contributed by atoms with van der Waals surface area (Å²) in [4.78, 5) is 23.5. The van der Waals surface area contributed by atoms with Crippen LogP contribution in [0.5, 0.6) is 0 Å². The van der Waals surface area contributed by atoms with Crippen LogP contribution >= 0.6 is 0 Å². The van der Waals surface area contributed by atoms with E-state index in [9.17, 15) is 9.59 Å². The quantitative estimate of drug-likeness (QED) is 0.462. The number of terminal acetylenes is 1. The number of nitrogens with one attached hydrogen (secondary N) is 1. The molecule has 98 valence electrons. The number of amides is 2. The largest absolute Gasteiger partial charge is 0.353 e. The van der Waals surface area contributed by atoms with Gasteiger partial charge < -0.3 is 10.1 Å². The number of rotatable bonds is 4. The van der Waals surface area contributed by atoms with Gasteiger partial charge in [-0.1, -0.05) is 12.8 Å². The summed E-state index contributed by atoms with van der Waals surface area (Å²) in [6.07, 6.45) is 9.80. The molecule has 0 saturated carbocycles. The average Bonchev–Trinajstić information content (AvgIpc) is 2.82. The molecule has 1 heterocycles. The van der Waals surface area contributed by atoms with Crippen LogP contribution in [-0.4, -0.2) is 36.6 Å². The normalized spacial score (nSPS) is 26.8. The number of hydrogen-bond acceptors (Lipinski definition) is 3. The van der Waals surface area contributed by atoms with Crippen molar-refractivity contribution in [3.05, 3.63) is 12.3 Å². The maximum absolute atomic E-state index is 11.8. The first-order chi connectivity index (χ1) is 8.67. The Morgan fingerprint density at radius 3 is 2.89 bits per heavy atom. The van der Waals surface area contributed by atoms with Crippen LogP contribution in [0.2, 0.25) is 0 Å². The van der Waals surface area contributed by atoms with E-state index in [0.29, 0.717) is 6.29 Å². The molecular weight excluding hydrogens is 232 g/mol. The Bertz CT molecular complexity index is 373. The molecule has 1 rings (SSSR count). The Hall–Kier alpha value is -1.80. The van der Waals surface area contributed by atoms with E-state index in [-0.39, 0.29) is 18.1 Å². The lowest BCUT2D eigenvalue weighted by molar-refractivity contribution is -0.104. The monoisotopic (exact) mass is 250 g/mol. The lowest BCUT2D eigenvalue weighted by Gasteiger charge is -2.27. The molecular formula is C13H18N2O3. The Kier molecular flexibility index (Phi) is 5.40. The highest BCUT2D eigenvalue weighted by Gasteiger charge is 2.38. The molecule has 0 spiro atoms. The molecule has 0 aliphatic carbocycles.